The van der Waals surface area contributed by atoms with Crippen LogP contribution in [0.3, 0.4) is 0 Å². The predicted octanol–water partition coefficient (Wildman–Crippen LogP) is 4.53. The van der Waals surface area contributed by atoms with Crippen molar-refractivity contribution in [1.29, 1.82) is 0 Å². The highest BCUT2D eigenvalue weighted by atomic mass is 19.1. The Hall–Kier alpha value is -3.89. The van der Waals surface area contributed by atoms with Gasteiger partial charge in [-0.3, -0.25) is 4.79 Å². The lowest BCUT2D eigenvalue weighted by Gasteiger charge is -2.36. The number of nitrogens with one attached hydrogen (secondary N) is 1. The molecule has 41 heavy (non-hydrogen) atoms. The number of aromatic nitrogens is 3. The van der Waals surface area contributed by atoms with Crippen molar-refractivity contribution in [3.05, 3.63) is 36.4 Å². The molecule has 1 saturated carbocycles. The molecule has 2 saturated heterocycles. The number of piperazine rings is 1. The van der Waals surface area contributed by atoms with E-state index in [1.54, 1.807) is 11.0 Å². The summed E-state index contributed by atoms with van der Waals surface area (Å²) in [5.74, 6) is 0.177. The summed E-state index contributed by atoms with van der Waals surface area (Å²) in [6.45, 7) is 9.98. The van der Waals surface area contributed by atoms with Crippen LogP contribution in [0.1, 0.15) is 53.0 Å². The number of hydrogen-bond donors (Lipinski definition) is 1. The van der Waals surface area contributed by atoms with Crippen molar-refractivity contribution in [3.63, 3.8) is 0 Å². The summed E-state index contributed by atoms with van der Waals surface area (Å²) in [6, 6.07) is 7.38. The van der Waals surface area contributed by atoms with Crippen LogP contribution in [-0.4, -0.2) is 75.9 Å². The minimum absolute atomic E-state index is 0.0298. The summed E-state index contributed by atoms with van der Waals surface area (Å²) in [5, 5.41) is 2.87. The number of fused-ring (bicyclic) bond motifs is 1. The van der Waals surface area contributed by atoms with Crippen LogP contribution in [0.2, 0.25) is 0 Å². The molecule has 10 nitrogen and oxygen atoms in total. The van der Waals surface area contributed by atoms with E-state index in [0.717, 1.165) is 23.9 Å². The van der Waals surface area contributed by atoms with E-state index in [4.69, 9.17) is 14.5 Å². The number of hydrogen-bond acceptors (Lipinski definition) is 7. The van der Waals surface area contributed by atoms with Crippen LogP contribution in [0.15, 0.2) is 30.6 Å². The van der Waals surface area contributed by atoms with Crippen LogP contribution in [0, 0.1) is 11.7 Å². The van der Waals surface area contributed by atoms with Gasteiger partial charge in [0.2, 0.25) is 11.8 Å². The number of anilines is 1. The summed E-state index contributed by atoms with van der Waals surface area (Å²) in [5.41, 5.74) is 2.70. The van der Waals surface area contributed by atoms with Crippen molar-refractivity contribution in [2.45, 2.75) is 64.7 Å². The molecule has 1 aromatic carbocycles. The molecule has 2 aliphatic heterocycles. The third kappa shape index (κ3) is 5.80. The van der Waals surface area contributed by atoms with Crippen molar-refractivity contribution >= 4 is 28.7 Å². The molecule has 11 heteroatoms. The number of carbonyl (C=O) groups excluding carboxylic acids is 2. The van der Waals surface area contributed by atoms with Gasteiger partial charge in [0.25, 0.3) is 0 Å². The molecular weight excluding hydrogens is 527 g/mol. The number of ether oxygens (including phenoxy) is 2. The quantitative estimate of drug-likeness (QED) is 0.469. The van der Waals surface area contributed by atoms with E-state index in [0.29, 0.717) is 68.0 Å². The van der Waals surface area contributed by atoms with Crippen molar-refractivity contribution < 1.29 is 23.5 Å². The second-order valence-electron chi connectivity index (χ2n) is 12.3. The first-order chi connectivity index (χ1) is 19.6. The van der Waals surface area contributed by atoms with E-state index in [9.17, 15) is 9.59 Å². The van der Waals surface area contributed by atoms with E-state index in [2.05, 4.69) is 14.9 Å². The SMILES string of the molecule is CC(Oc1nc(-c2ccc(N3CCN(C(=O)OC(C)(C)C)CC3)c(F)c2)cc2ncn(C3CC3)c12)C1CNC(=O)C1. The molecule has 3 aromatic rings. The van der Waals surface area contributed by atoms with Gasteiger partial charge in [0.15, 0.2) is 0 Å². The summed E-state index contributed by atoms with van der Waals surface area (Å²) in [6.07, 6.45) is 3.84. The molecule has 6 rings (SSSR count). The zero-order chi connectivity index (χ0) is 28.9. The molecule has 2 amide bonds. The second kappa shape index (κ2) is 10.5. The van der Waals surface area contributed by atoms with Crippen molar-refractivity contribution in [2.24, 2.45) is 5.92 Å². The van der Waals surface area contributed by atoms with E-state index < -0.39 is 5.60 Å². The van der Waals surface area contributed by atoms with Crippen LogP contribution >= 0.6 is 0 Å². The highest BCUT2D eigenvalue weighted by Gasteiger charge is 2.32. The summed E-state index contributed by atoms with van der Waals surface area (Å²) in [7, 11) is 0. The lowest BCUT2D eigenvalue weighted by Crippen LogP contribution is -2.50. The van der Waals surface area contributed by atoms with Gasteiger partial charge in [-0.05, 0) is 58.7 Å². The molecular formula is C30H37FN6O4. The molecule has 1 N–H and O–H groups in total. The Bertz CT molecular complexity index is 1470. The van der Waals surface area contributed by atoms with E-state index in [1.807, 2.05) is 51.1 Å². The Balaban J connectivity index is 1.23. The average Bonchev–Trinajstić information content (AvgIpc) is 3.52. The van der Waals surface area contributed by atoms with E-state index in [-0.39, 0.29) is 29.8 Å². The smallest absolute Gasteiger partial charge is 0.410 e. The zero-order valence-electron chi connectivity index (χ0n) is 24.0. The van der Waals surface area contributed by atoms with Crippen molar-refractivity contribution in [1.82, 2.24) is 24.8 Å². The zero-order valence-corrected chi connectivity index (χ0v) is 24.0. The minimum Gasteiger partial charge on any atom is -0.473 e. The average molecular weight is 565 g/mol. The Morgan fingerprint density at radius 2 is 1.90 bits per heavy atom. The number of amides is 2. The molecule has 4 heterocycles. The van der Waals surface area contributed by atoms with Gasteiger partial charge < -0.3 is 29.2 Å². The normalized spacial score (nSPS) is 20.3. The number of halogens is 1. The van der Waals surface area contributed by atoms with Crippen LogP contribution in [0.4, 0.5) is 14.9 Å². The fourth-order valence-electron chi connectivity index (χ4n) is 5.50. The molecule has 0 spiro atoms. The fourth-order valence-corrected chi connectivity index (χ4v) is 5.50. The molecule has 0 bridgehead atoms. The number of imidazole rings is 1. The molecule has 218 valence electrons. The minimum atomic E-state index is -0.557. The molecule has 3 fully saturated rings. The summed E-state index contributed by atoms with van der Waals surface area (Å²) >= 11 is 0. The van der Waals surface area contributed by atoms with Gasteiger partial charge in [-0.15, -0.1) is 0 Å². The third-order valence-electron chi connectivity index (χ3n) is 7.95. The topological polar surface area (TPSA) is 102 Å². The summed E-state index contributed by atoms with van der Waals surface area (Å²) in [4.78, 5) is 37.3. The maximum Gasteiger partial charge on any atom is 0.410 e. The first kappa shape index (κ1) is 27.3. The number of pyridine rings is 1. The van der Waals surface area contributed by atoms with Crippen LogP contribution in [-0.2, 0) is 9.53 Å². The van der Waals surface area contributed by atoms with Gasteiger partial charge in [-0.1, -0.05) is 6.07 Å². The first-order valence-corrected chi connectivity index (χ1v) is 14.4. The highest BCUT2D eigenvalue weighted by Crippen LogP contribution is 2.40. The molecule has 0 radical (unpaired) electrons. The number of rotatable bonds is 6. The van der Waals surface area contributed by atoms with Crippen LogP contribution in [0.5, 0.6) is 5.88 Å². The van der Waals surface area contributed by atoms with Crippen LogP contribution < -0.4 is 15.0 Å². The molecule has 3 aliphatic rings. The van der Waals surface area contributed by atoms with Crippen LogP contribution in [0.25, 0.3) is 22.3 Å². The van der Waals surface area contributed by atoms with Gasteiger partial charge in [0, 0.05) is 56.7 Å². The maximum absolute atomic E-state index is 15.5. The molecule has 2 unspecified atom stereocenters. The standard InChI is InChI=1S/C30H37FN6O4/c1-18(20-14-26(38)32-16-20)40-28-27-24(33-17-37(27)21-6-7-21)15-23(34-28)19-5-8-25(22(31)13-19)35-9-11-36(12-10-35)29(39)41-30(2,3)4/h5,8,13,15,17-18,20-21H,6-7,9-12,14,16H2,1-4H3,(H,32,38). The Morgan fingerprint density at radius 1 is 1.15 bits per heavy atom. The van der Waals surface area contributed by atoms with Crippen molar-refractivity contribution in [3.8, 4) is 17.1 Å². The Kier molecular flexibility index (Phi) is 6.99. The second-order valence-corrected chi connectivity index (χ2v) is 12.3. The monoisotopic (exact) mass is 564 g/mol. The van der Waals surface area contributed by atoms with Gasteiger partial charge in [-0.2, -0.15) is 0 Å². The van der Waals surface area contributed by atoms with Gasteiger partial charge >= 0.3 is 6.09 Å². The first-order valence-electron chi connectivity index (χ1n) is 14.4. The highest BCUT2D eigenvalue weighted by molar-refractivity contribution is 5.85. The predicted molar refractivity (Wildman–Crippen MR) is 152 cm³/mol. The molecule has 1 aliphatic carbocycles. The van der Waals surface area contributed by atoms with Gasteiger partial charge in [0.05, 0.1) is 23.2 Å². The summed E-state index contributed by atoms with van der Waals surface area (Å²) < 4.78 is 29.5. The van der Waals surface area contributed by atoms with Gasteiger partial charge in [-0.25, -0.2) is 19.2 Å². The number of benzene rings is 1. The molecule has 2 aromatic heterocycles. The van der Waals surface area contributed by atoms with E-state index in [1.165, 1.54) is 6.07 Å². The molecule has 2 atom stereocenters. The fraction of sp³-hybridized carbons (Fsp3) is 0.533. The third-order valence-corrected chi connectivity index (χ3v) is 7.95. The Labute approximate surface area is 238 Å². The van der Waals surface area contributed by atoms with Crippen molar-refractivity contribution in [2.75, 3.05) is 37.6 Å². The van der Waals surface area contributed by atoms with Gasteiger partial charge in [0.1, 0.15) is 23.0 Å². The number of nitrogens with zero attached hydrogens (tertiary/aromatic N) is 5. The lowest BCUT2D eigenvalue weighted by atomic mass is 10.0. The lowest BCUT2D eigenvalue weighted by molar-refractivity contribution is -0.119. The van der Waals surface area contributed by atoms with E-state index >= 15 is 4.39 Å². The Morgan fingerprint density at radius 3 is 2.54 bits per heavy atom. The largest absolute Gasteiger partial charge is 0.473 e. The number of carbonyl (C=O) groups is 2. The maximum atomic E-state index is 15.5.